The van der Waals surface area contributed by atoms with Gasteiger partial charge in [0.15, 0.2) is 0 Å². The number of halogens is 2. The van der Waals surface area contributed by atoms with E-state index in [-0.39, 0.29) is 5.56 Å². The third-order valence-corrected chi connectivity index (χ3v) is 3.02. The standard InChI is InChI=1S/C14H16F2N4O/c1-8-6-13(20(3)19-8)18-14(21)17-9(2)11-7-10(15)4-5-12(11)16/h4-7,9H,1-3H3,(H2,17,18,21)/t9-/m0/s1. The highest BCUT2D eigenvalue weighted by Crippen LogP contribution is 2.18. The molecule has 0 fully saturated rings. The first-order valence-corrected chi connectivity index (χ1v) is 6.40. The van der Waals surface area contributed by atoms with Gasteiger partial charge >= 0.3 is 6.03 Å². The van der Waals surface area contributed by atoms with Crippen LogP contribution in [0.15, 0.2) is 24.3 Å². The van der Waals surface area contributed by atoms with Gasteiger partial charge in [0.2, 0.25) is 0 Å². The van der Waals surface area contributed by atoms with Crippen LogP contribution < -0.4 is 10.6 Å². The summed E-state index contributed by atoms with van der Waals surface area (Å²) in [7, 11) is 1.69. The number of amides is 2. The summed E-state index contributed by atoms with van der Waals surface area (Å²) in [5, 5.41) is 9.24. The molecule has 0 aliphatic carbocycles. The van der Waals surface area contributed by atoms with E-state index < -0.39 is 23.7 Å². The molecular weight excluding hydrogens is 278 g/mol. The molecule has 1 atom stereocenters. The van der Waals surface area contributed by atoms with Crippen molar-refractivity contribution >= 4 is 11.8 Å². The number of urea groups is 1. The van der Waals surface area contributed by atoms with Gasteiger partial charge in [-0.1, -0.05) is 0 Å². The fourth-order valence-corrected chi connectivity index (χ4v) is 2.00. The molecule has 2 rings (SSSR count). The van der Waals surface area contributed by atoms with Gasteiger partial charge in [0.1, 0.15) is 17.5 Å². The van der Waals surface area contributed by atoms with Crippen LogP contribution in [0.1, 0.15) is 24.2 Å². The molecule has 2 amide bonds. The highest BCUT2D eigenvalue weighted by atomic mass is 19.1. The molecular formula is C14H16F2N4O. The Bertz CT molecular complexity index is 669. The van der Waals surface area contributed by atoms with E-state index in [1.165, 1.54) is 4.68 Å². The summed E-state index contributed by atoms with van der Waals surface area (Å²) in [5.41, 5.74) is 0.850. The van der Waals surface area contributed by atoms with Gasteiger partial charge in [-0.05, 0) is 32.0 Å². The number of benzene rings is 1. The molecule has 7 heteroatoms. The quantitative estimate of drug-likeness (QED) is 0.914. The van der Waals surface area contributed by atoms with E-state index in [0.717, 1.165) is 23.9 Å². The second kappa shape index (κ2) is 5.90. The van der Waals surface area contributed by atoms with Gasteiger partial charge in [-0.25, -0.2) is 13.6 Å². The second-order valence-corrected chi connectivity index (χ2v) is 4.78. The first-order valence-electron chi connectivity index (χ1n) is 6.40. The minimum absolute atomic E-state index is 0.0892. The molecule has 1 heterocycles. The molecule has 2 aromatic rings. The molecule has 112 valence electrons. The molecule has 0 aliphatic rings. The zero-order valence-electron chi connectivity index (χ0n) is 11.9. The van der Waals surface area contributed by atoms with E-state index >= 15 is 0 Å². The van der Waals surface area contributed by atoms with E-state index in [2.05, 4.69) is 15.7 Å². The Balaban J connectivity index is 2.05. The normalized spacial score (nSPS) is 12.0. The highest BCUT2D eigenvalue weighted by molar-refractivity contribution is 5.88. The molecule has 0 aliphatic heterocycles. The number of hydrogen-bond donors (Lipinski definition) is 2. The molecule has 1 aromatic heterocycles. The highest BCUT2D eigenvalue weighted by Gasteiger charge is 2.15. The number of nitrogens with one attached hydrogen (secondary N) is 2. The Morgan fingerprint density at radius 2 is 2.05 bits per heavy atom. The van der Waals surface area contributed by atoms with E-state index in [4.69, 9.17) is 0 Å². The predicted octanol–water partition coefficient (Wildman–Crippen LogP) is 2.89. The van der Waals surface area contributed by atoms with Crippen LogP contribution in [0.25, 0.3) is 0 Å². The van der Waals surface area contributed by atoms with Crippen LogP contribution >= 0.6 is 0 Å². The monoisotopic (exact) mass is 294 g/mol. The van der Waals surface area contributed by atoms with Crippen molar-refractivity contribution in [3.63, 3.8) is 0 Å². The molecule has 21 heavy (non-hydrogen) atoms. The third-order valence-electron chi connectivity index (χ3n) is 3.02. The summed E-state index contributed by atoms with van der Waals surface area (Å²) in [4.78, 5) is 11.9. The van der Waals surface area contributed by atoms with Crippen molar-refractivity contribution in [2.45, 2.75) is 19.9 Å². The van der Waals surface area contributed by atoms with Crippen LogP contribution in [0.5, 0.6) is 0 Å². The van der Waals surface area contributed by atoms with Crippen molar-refractivity contribution in [3.05, 3.63) is 47.2 Å². The van der Waals surface area contributed by atoms with E-state index in [1.807, 2.05) is 0 Å². The zero-order valence-corrected chi connectivity index (χ0v) is 11.9. The molecule has 1 aromatic carbocycles. The van der Waals surface area contributed by atoms with E-state index in [9.17, 15) is 13.6 Å². The van der Waals surface area contributed by atoms with Crippen molar-refractivity contribution in [1.29, 1.82) is 0 Å². The molecule has 2 N–H and O–H groups in total. The fourth-order valence-electron chi connectivity index (χ4n) is 2.00. The number of carbonyl (C=O) groups is 1. The molecule has 5 nitrogen and oxygen atoms in total. The van der Waals surface area contributed by atoms with Crippen molar-refractivity contribution in [1.82, 2.24) is 15.1 Å². The van der Waals surface area contributed by atoms with Gasteiger partial charge < -0.3 is 5.32 Å². The Hall–Kier alpha value is -2.44. The fraction of sp³-hybridized carbons (Fsp3) is 0.286. The minimum Gasteiger partial charge on any atom is -0.331 e. The van der Waals surface area contributed by atoms with Gasteiger partial charge in [0.05, 0.1) is 11.7 Å². The number of carbonyl (C=O) groups excluding carboxylic acids is 1. The predicted molar refractivity (Wildman–Crippen MR) is 74.9 cm³/mol. The maximum absolute atomic E-state index is 13.6. The van der Waals surface area contributed by atoms with Gasteiger partial charge in [0, 0.05) is 18.7 Å². The minimum atomic E-state index is -0.671. The molecule has 0 unspecified atom stereocenters. The Labute approximate surface area is 121 Å². The molecule has 0 spiro atoms. The average Bonchev–Trinajstić information content (AvgIpc) is 2.70. The molecule has 0 saturated heterocycles. The van der Waals surface area contributed by atoms with Gasteiger partial charge in [-0.3, -0.25) is 10.00 Å². The lowest BCUT2D eigenvalue weighted by Crippen LogP contribution is -2.32. The molecule has 0 bridgehead atoms. The maximum atomic E-state index is 13.6. The summed E-state index contributed by atoms with van der Waals surface area (Å²) >= 11 is 0. The first kappa shape index (κ1) is 15.0. The van der Waals surface area contributed by atoms with Crippen LogP contribution in [0, 0.1) is 18.6 Å². The van der Waals surface area contributed by atoms with Gasteiger partial charge in [0.25, 0.3) is 0 Å². The molecule has 0 radical (unpaired) electrons. The lowest BCUT2D eigenvalue weighted by Gasteiger charge is -2.15. The Morgan fingerprint density at radius 1 is 1.33 bits per heavy atom. The van der Waals surface area contributed by atoms with Crippen LogP contribution in [0.2, 0.25) is 0 Å². The lowest BCUT2D eigenvalue weighted by molar-refractivity contribution is 0.249. The van der Waals surface area contributed by atoms with Crippen LogP contribution in [-0.2, 0) is 7.05 Å². The van der Waals surface area contributed by atoms with Gasteiger partial charge in [-0.2, -0.15) is 5.10 Å². The maximum Gasteiger partial charge on any atom is 0.320 e. The lowest BCUT2D eigenvalue weighted by atomic mass is 10.1. The summed E-state index contributed by atoms with van der Waals surface area (Å²) in [5.74, 6) is -0.611. The van der Waals surface area contributed by atoms with Gasteiger partial charge in [-0.15, -0.1) is 0 Å². The van der Waals surface area contributed by atoms with Crippen LogP contribution in [-0.4, -0.2) is 15.8 Å². The number of anilines is 1. The topological polar surface area (TPSA) is 59.0 Å². The summed E-state index contributed by atoms with van der Waals surface area (Å²) in [6, 6.07) is 3.64. The summed E-state index contributed by atoms with van der Waals surface area (Å²) in [6.07, 6.45) is 0. The Kier molecular flexibility index (Phi) is 4.21. The average molecular weight is 294 g/mol. The number of aryl methyl sites for hydroxylation is 2. The number of hydrogen-bond acceptors (Lipinski definition) is 2. The van der Waals surface area contributed by atoms with Crippen molar-refractivity contribution in [2.75, 3.05) is 5.32 Å². The summed E-state index contributed by atoms with van der Waals surface area (Å²) < 4.78 is 28.3. The largest absolute Gasteiger partial charge is 0.331 e. The van der Waals surface area contributed by atoms with Crippen LogP contribution in [0.3, 0.4) is 0 Å². The van der Waals surface area contributed by atoms with Crippen molar-refractivity contribution in [3.8, 4) is 0 Å². The number of nitrogens with zero attached hydrogens (tertiary/aromatic N) is 2. The van der Waals surface area contributed by atoms with E-state index in [0.29, 0.717) is 5.82 Å². The zero-order chi connectivity index (χ0) is 15.6. The van der Waals surface area contributed by atoms with E-state index in [1.54, 1.807) is 27.0 Å². The SMILES string of the molecule is Cc1cc(NC(=O)N[C@@H](C)c2cc(F)ccc2F)n(C)n1. The molecule has 0 saturated carbocycles. The number of aromatic nitrogens is 2. The van der Waals surface area contributed by atoms with Crippen molar-refractivity contribution < 1.29 is 13.6 Å². The smallest absolute Gasteiger partial charge is 0.320 e. The second-order valence-electron chi connectivity index (χ2n) is 4.78. The van der Waals surface area contributed by atoms with Crippen molar-refractivity contribution in [2.24, 2.45) is 7.05 Å². The first-order chi connectivity index (χ1) is 9.86. The number of rotatable bonds is 3. The Morgan fingerprint density at radius 3 is 2.67 bits per heavy atom. The third kappa shape index (κ3) is 3.56. The summed E-state index contributed by atoms with van der Waals surface area (Å²) in [6.45, 7) is 3.37. The van der Waals surface area contributed by atoms with Crippen LogP contribution in [0.4, 0.5) is 19.4 Å².